The Hall–Kier alpha value is -0.910. The number of methoxy groups -OCH3 is 1. The molecule has 0 aromatic heterocycles. The molecule has 0 aliphatic carbocycles. The average Bonchev–Trinajstić information content (AvgIpc) is 2.35. The smallest absolute Gasteiger partial charge is 0.175 e. The first-order valence-electron chi connectivity index (χ1n) is 6.19. The molecule has 1 aromatic carbocycles. The van der Waals surface area contributed by atoms with Crippen LogP contribution in [0.25, 0.3) is 0 Å². The number of aliphatic hydroxyl groups is 1. The van der Waals surface area contributed by atoms with Gasteiger partial charge >= 0.3 is 0 Å². The number of benzene rings is 1. The van der Waals surface area contributed by atoms with Gasteiger partial charge in [0, 0.05) is 13.4 Å². The van der Waals surface area contributed by atoms with Crippen LogP contribution in [-0.4, -0.2) is 32.5 Å². The van der Waals surface area contributed by atoms with Gasteiger partial charge in [-0.1, -0.05) is 12.1 Å². The largest absolute Gasteiger partial charge is 0.388 e. The van der Waals surface area contributed by atoms with Crippen LogP contribution in [0.5, 0.6) is 0 Å². The third-order valence-corrected chi connectivity index (χ3v) is 4.35. The fraction of sp³-hybridized carbons (Fsp3) is 0.571. The zero-order chi connectivity index (χ0) is 14.7. The Labute approximate surface area is 115 Å². The minimum atomic E-state index is -3.24. The summed E-state index contributed by atoms with van der Waals surface area (Å²) in [6.07, 6.45) is 1.69. The molecule has 1 rings (SSSR count). The van der Waals surface area contributed by atoms with Gasteiger partial charge in [-0.2, -0.15) is 0 Å². The molecule has 0 amide bonds. The van der Waals surface area contributed by atoms with Gasteiger partial charge in [0.1, 0.15) is 0 Å². The second-order valence-corrected chi connectivity index (χ2v) is 7.38. The van der Waals surface area contributed by atoms with E-state index in [9.17, 15) is 13.5 Å². The minimum Gasteiger partial charge on any atom is -0.388 e. The highest BCUT2D eigenvalue weighted by Crippen LogP contribution is 2.25. The summed E-state index contributed by atoms with van der Waals surface area (Å²) < 4.78 is 28.2. The SMILES string of the molecule is COC(C)(C)CCC(O)c1cccc(S(C)(=O)=O)c1. The van der Waals surface area contributed by atoms with Gasteiger partial charge in [-0.3, -0.25) is 0 Å². The predicted octanol–water partition coefficient (Wildman–Crippen LogP) is 2.33. The quantitative estimate of drug-likeness (QED) is 0.871. The summed E-state index contributed by atoms with van der Waals surface area (Å²) >= 11 is 0. The van der Waals surface area contributed by atoms with Crippen LogP contribution in [0.4, 0.5) is 0 Å². The molecule has 4 nitrogen and oxygen atoms in total. The van der Waals surface area contributed by atoms with E-state index in [0.29, 0.717) is 18.4 Å². The highest BCUT2D eigenvalue weighted by Gasteiger charge is 2.19. The predicted molar refractivity (Wildman–Crippen MR) is 74.8 cm³/mol. The Morgan fingerprint density at radius 2 is 2.00 bits per heavy atom. The molecule has 0 aliphatic rings. The van der Waals surface area contributed by atoms with Crippen molar-refractivity contribution in [3.63, 3.8) is 0 Å². The second-order valence-electron chi connectivity index (χ2n) is 5.36. The van der Waals surface area contributed by atoms with Crippen molar-refractivity contribution in [2.24, 2.45) is 0 Å². The van der Waals surface area contributed by atoms with E-state index < -0.39 is 15.9 Å². The molecule has 1 unspecified atom stereocenters. The first-order chi connectivity index (χ1) is 8.65. The molecule has 0 aliphatic heterocycles. The van der Waals surface area contributed by atoms with Crippen molar-refractivity contribution in [1.29, 1.82) is 0 Å². The Morgan fingerprint density at radius 3 is 2.53 bits per heavy atom. The summed E-state index contributed by atoms with van der Waals surface area (Å²) in [5, 5.41) is 10.1. The Bertz CT molecular complexity index is 520. The molecule has 5 heteroatoms. The number of aliphatic hydroxyl groups excluding tert-OH is 1. The summed E-state index contributed by atoms with van der Waals surface area (Å²) in [7, 11) is -1.61. The minimum absolute atomic E-state index is 0.232. The van der Waals surface area contributed by atoms with Crippen LogP contribution >= 0.6 is 0 Å². The van der Waals surface area contributed by atoms with E-state index in [-0.39, 0.29) is 10.5 Å². The Kier molecular flexibility index (Phi) is 5.12. The zero-order valence-corrected chi connectivity index (χ0v) is 12.7. The molecular weight excluding hydrogens is 264 g/mol. The lowest BCUT2D eigenvalue weighted by Crippen LogP contribution is -2.23. The van der Waals surface area contributed by atoms with E-state index in [1.54, 1.807) is 19.2 Å². The van der Waals surface area contributed by atoms with Gasteiger partial charge in [0.05, 0.1) is 16.6 Å². The van der Waals surface area contributed by atoms with Crippen molar-refractivity contribution in [2.45, 2.75) is 43.3 Å². The van der Waals surface area contributed by atoms with Gasteiger partial charge in [-0.15, -0.1) is 0 Å². The van der Waals surface area contributed by atoms with Crippen molar-refractivity contribution in [2.75, 3.05) is 13.4 Å². The first-order valence-corrected chi connectivity index (χ1v) is 8.08. The maximum atomic E-state index is 11.5. The molecule has 0 fully saturated rings. The van der Waals surface area contributed by atoms with Crippen LogP contribution < -0.4 is 0 Å². The third kappa shape index (κ3) is 4.93. The van der Waals surface area contributed by atoms with Crippen molar-refractivity contribution < 1.29 is 18.3 Å². The van der Waals surface area contributed by atoms with Crippen molar-refractivity contribution >= 4 is 9.84 Å². The Morgan fingerprint density at radius 1 is 1.37 bits per heavy atom. The number of rotatable bonds is 6. The van der Waals surface area contributed by atoms with Crippen molar-refractivity contribution in [3.05, 3.63) is 29.8 Å². The number of hydrogen-bond acceptors (Lipinski definition) is 4. The standard InChI is InChI=1S/C14H22O4S/c1-14(2,18-3)9-8-13(15)11-6-5-7-12(10-11)19(4,16)17/h5-7,10,13,15H,8-9H2,1-4H3. The summed E-state index contributed by atoms with van der Waals surface area (Å²) in [6.45, 7) is 3.90. The molecule has 108 valence electrons. The van der Waals surface area contributed by atoms with Gasteiger partial charge in [-0.05, 0) is 44.4 Å². The molecule has 0 bridgehead atoms. The third-order valence-electron chi connectivity index (χ3n) is 3.24. The monoisotopic (exact) mass is 286 g/mol. The molecule has 0 spiro atoms. The summed E-state index contributed by atoms with van der Waals surface area (Å²) in [5.74, 6) is 0. The van der Waals surface area contributed by atoms with Crippen LogP contribution in [0.2, 0.25) is 0 Å². The molecule has 1 N–H and O–H groups in total. The fourth-order valence-electron chi connectivity index (χ4n) is 1.71. The molecule has 0 heterocycles. The molecule has 0 radical (unpaired) electrons. The lowest BCUT2D eigenvalue weighted by atomic mass is 9.97. The van der Waals surface area contributed by atoms with Crippen LogP contribution in [0.15, 0.2) is 29.2 Å². The van der Waals surface area contributed by atoms with E-state index in [0.717, 1.165) is 6.26 Å². The average molecular weight is 286 g/mol. The van der Waals surface area contributed by atoms with Gasteiger partial charge in [-0.25, -0.2) is 8.42 Å². The molecule has 19 heavy (non-hydrogen) atoms. The second kappa shape index (κ2) is 6.03. The van der Waals surface area contributed by atoms with E-state index in [1.165, 1.54) is 12.1 Å². The summed E-state index contributed by atoms with van der Waals surface area (Å²) in [6, 6.07) is 6.44. The van der Waals surface area contributed by atoms with E-state index in [4.69, 9.17) is 4.74 Å². The highest BCUT2D eigenvalue weighted by molar-refractivity contribution is 7.90. The normalized spacial score (nSPS) is 14.4. The number of sulfone groups is 1. The fourth-order valence-corrected chi connectivity index (χ4v) is 2.38. The van der Waals surface area contributed by atoms with Crippen molar-refractivity contribution in [3.8, 4) is 0 Å². The van der Waals surface area contributed by atoms with Crippen LogP contribution in [0, 0.1) is 0 Å². The summed E-state index contributed by atoms with van der Waals surface area (Å²) in [5.41, 5.74) is 0.324. The zero-order valence-electron chi connectivity index (χ0n) is 11.9. The molecular formula is C14H22O4S. The lowest BCUT2D eigenvalue weighted by Gasteiger charge is -2.24. The summed E-state index contributed by atoms with van der Waals surface area (Å²) in [4.78, 5) is 0.232. The molecule has 0 saturated carbocycles. The highest BCUT2D eigenvalue weighted by atomic mass is 32.2. The topological polar surface area (TPSA) is 63.6 Å². The van der Waals surface area contributed by atoms with Gasteiger partial charge in [0.15, 0.2) is 9.84 Å². The van der Waals surface area contributed by atoms with Crippen LogP contribution in [0.3, 0.4) is 0 Å². The van der Waals surface area contributed by atoms with Crippen molar-refractivity contribution in [1.82, 2.24) is 0 Å². The van der Waals surface area contributed by atoms with Gasteiger partial charge < -0.3 is 9.84 Å². The first kappa shape index (κ1) is 16.1. The van der Waals surface area contributed by atoms with E-state index in [2.05, 4.69) is 0 Å². The van der Waals surface area contributed by atoms with E-state index >= 15 is 0 Å². The number of hydrogen-bond donors (Lipinski definition) is 1. The molecule has 1 atom stereocenters. The van der Waals surface area contributed by atoms with Crippen LogP contribution in [-0.2, 0) is 14.6 Å². The van der Waals surface area contributed by atoms with Gasteiger partial charge in [0.25, 0.3) is 0 Å². The maximum Gasteiger partial charge on any atom is 0.175 e. The molecule has 0 saturated heterocycles. The number of ether oxygens (including phenoxy) is 1. The Balaban J connectivity index is 2.81. The van der Waals surface area contributed by atoms with E-state index in [1.807, 2.05) is 13.8 Å². The maximum absolute atomic E-state index is 11.5. The lowest BCUT2D eigenvalue weighted by molar-refractivity contribution is 0.00277. The molecule has 1 aromatic rings. The van der Waals surface area contributed by atoms with Gasteiger partial charge in [0.2, 0.25) is 0 Å². The van der Waals surface area contributed by atoms with Crippen LogP contribution in [0.1, 0.15) is 38.4 Å².